The van der Waals surface area contributed by atoms with Crippen molar-refractivity contribution >= 4 is 11.8 Å². The van der Waals surface area contributed by atoms with E-state index in [1.54, 1.807) is 28.4 Å². The lowest BCUT2D eigenvalue weighted by atomic mass is 9.73. The van der Waals surface area contributed by atoms with Gasteiger partial charge in [0.2, 0.25) is 11.8 Å². The van der Waals surface area contributed by atoms with Gasteiger partial charge < -0.3 is 38.2 Å². The van der Waals surface area contributed by atoms with Crippen molar-refractivity contribution in [1.29, 1.82) is 0 Å². The van der Waals surface area contributed by atoms with Gasteiger partial charge in [-0.2, -0.15) is 0 Å². The number of carbonyl (C=O) groups is 2. The zero-order valence-electron chi connectivity index (χ0n) is 27.2. The maximum absolute atomic E-state index is 12.9. The van der Waals surface area contributed by atoms with Gasteiger partial charge in [0.25, 0.3) is 0 Å². The molecule has 2 aromatic carbocycles. The lowest BCUT2D eigenvalue weighted by Crippen LogP contribution is -2.53. The highest BCUT2D eigenvalue weighted by molar-refractivity contribution is 5.83. The Labute approximate surface area is 270 Å². The number of ether oxygens (including phenoxy) is 6. The van der Waals surface area contributed by atoms with Crippen molar-refractivity contribution in [1.82, 2.24) is 9.80 Å². The van der Waals surface area contributed by atoms with E-state index in [9.17, 15) is 9.59 Å². The van der Waals surface area contributed by atoms with Gasteiger partial charge >= 0.3 is 0 Å². The minimum Gasteiger partial charge on any atom is -0.497 e. The average molecular weight is 633 g/mol. The van der Waals surface area contributed by atoms with E-state index < -0.39 is 0 Å². The van der Waals surface area contributed by atoms with E-state index >= 15 is 0 Å². The van der Waals surface area contributed by atoms with Gasteiger partial charge in [-0.1, -0.05) is 12.2 Å². The fraction of sp³-hybridized carbons (Fsp3) is 0.556. The molecule has 0 unspecified atom stereocenters. The summed E-state index contributed by atoms with van der Waals surface area (Å²) in [5.74, 6) is 3.49. The monoisotopic (exact) mass is 632 g/mol. The molecule has 4 bridgehead atoms. The van der Waals surface area contributed by atoms with Crippen molar-refractivity contribution in [2.45, 2.75) is 75.0 Å². The van der Waals surface area contributed by atoms with Crippen molar-refractivity contribution in [3.05, 3.63) is 59.7 Å². The molecule has 6 aliphatic heterocycles. The predicted molar refractivity (Wildman–Crippen MR) is 169 cm³/mol. The lowest BCUT2D eigenvalue weighted by Gasteiger charge is -2.41. The molecule has 0 saturated carbocycles. The molecule has 2 aromatic rings. The fourth-order valence-electron chi connectivity index (χ4n) is 8.44. The second-order valence-corrected chi connectivity index (χ2v) is 13.3. The molecule has 10 nitrogen and oxygen atoms in total. The molecular formula is C36H44N2O8. The zero-order chi connectivity index (χ0) is 32.1. The Balaban J connectivity index is 0.000000147. The Hall–Kier alpha value is -3.76. The Bertz CT molecular complexity index is 1530. The van der Waals surface area contributed by atoms with Crippen LogP contribution in [0.2, 0.25) is 0 Å². The molecule has 10 heteroatoms. The van der Waals surface area contributed by atoms with E-state index in [-0.39, 0.29) is 41.0 Å². The summed E-state index contributed by atoms with van der Waals surface area (Å²) in [6, 6.07) is 11.5. The van der Waals surface area contributed by atoms with Gasteiger partial charge in [-0.05, 0) is 62.8 Å². The van der Waals surface area contributed by atoms with Crippen LogP contribution in [0.5, 0.6) is 23.0 Å². The summed E-state index contributed by atoms with van der Waals surface area (Å²) in [7, 11) is 6.55. The Morgan fingerprint density at radius 3 is 1.91 bits per heavy atom. The van der Waals surface area contributed by atoms with Gasteiger partial charge in [-0.3, -0.25) is 9.59 Å². The van der Waals surface area contributed by atoms with Crippen LogP contribution < -0.4 is 18.9 Å². The van der Waals surface area contributed by atoms with Gasteiger partial charge in [-0.15, -0.1) is 0 Å². The molecule has 0 aliphatic carbocycles. The minimum atomic E-state index is -0.331. The zero-order valence-corrected chi connectivity index (χ0v) is 27.2. The molecule has 8 rings (SSSR count). The van der Waals surface area contributed by atoms with Crippen LogP contribution >= 0.6 is 0 Å². The first-order chi connectivity index (χ1) is 22.3. The van der Waals surface area contributed by atoms with E-state index in [1.165, 1.54) is 0 Å². The number of benzene rings is 2. The van der Waals surface area contributed by atoms with E-state index in [4.69, 9.17) is 28.4 Å². The Morgan fingerprint density at radius 1 is 0.739 bits per heavy atom. The van der Waals surface area contributed by atoms with Gasteiger partial charge in [0.1, 0.15) is 28.6 Å². The molecule has 6 atom stereocenters. The average Bonchev–Trinajstić information content (AvgIpc) is 3.88. The first-order valence-corrected chi connectivity index (χ1v) is 16.3. The van der Waals surface area contributed by atoms with E-state index in [0.717, 1.165) is 79.2 Å². The van der Waals surface area contributed by atoms with Crippen LogP contribution in [-0.4, -0.2) is 86.6 Å². The SMILES string of the molecule is COc1ccc(CN2CC[C@@]34C=C[C@@H](C[C@@H]3C2=O)O4)c(OC)c1.COc1ccc(CN2CC[C@@]34CC[C@@H](C[C@@H]3C2=O)O4)c(OC)c1. The summed E-state index contributed by atoms with van der Waals surface area (Å²) in [6.45, 7) is 2.62. The van der Waals surface area contributed by atoms with Crippen LogP contribution in [0.1, 0.15) is 49.7 Å². The molecule has 0 aromatic heterocycles. The molecule has 5 fully saturated rings. The quantitative estimate of drug-likeness (QED) is 0.392. The summed E-state index contributed by atoms with van der Waals surface area (Å²) in [6.07, 6.45) is 10.3. The number of nitrogens with zero attached hydrogens (tertiary/aromatic N) is 2. The smallest absolute Gasteiger partial charge is 0.229 e. The van der Waals surface area contributed by atoms with Crippen LogP contribution in [-0.2, 0) is 32.2 Å². The second-order valence-electron chi connectivity index (χ2n) is 13.3. The number of hydrogen-bond donors (Lipinski definition) is 0. The first-order valence-electron chi connectivity index (χ1n) is 16.3. The standard InChI is InChI=1S/C18H23NO4.C18H21NO4/c2*1-21-13-4-3-12(16(10-13)22-2)11-19-8-7-18-6-5-14(23-18)9-15(18)17(19)20/h3-4,10,14-15H,5-9,11H2,1-2H3;3-6,10,14-15H,7-9,11H2,1-2H3/t2*14-,15+,18-/m00/s1. The summed E-state index contributed by atoms with van der Waals surface area (Å²) in [5.41, 5.74) is 1.53. The van der Waals surface area contributed by atoms with Gasteiger partial charge in [0.15, 0.2) is 0 Å². The van der Waals surface area contributed by atoms with E-state index in [0.29, 0.717) is 25.7 Å². The van der Waals surface area contributed by atoms with Crippen molar-refractivity contribution in [2.75, 3.05) is 41.5 Å². The number of hydrogen-bond acceptors (Lipinski definition) is 8. The van der Waals surface area contributed by atoms with Crippen LogP contribution in [0.25, 0.3) is 0 Å². The van der Waals surface area contributed by atoms with Gasteiger partial charge in [0, 0.05) is 49.4 Å². The highest BCUT2D eigenvalue weighted by atomic mass is 16.5. The number of likely N-dealkylation sites (tertiary alicyclic amines) is 2. The summed E-state index contributed by atoms with van der Waals surface area (Å²) in [5, 5.41) is 0. The molecule has 6 aliphatic rings. The van der Waals surface area contributed by atoms with E-state index in [2.05, 4.69) is 12.2 Å². The minimum absolute atomic E-state index is 0.0320. The molecule has 0 radical (unpaired) electrons. The normalized spacial score (nSPS) is 31.7. The van der Waals surface area contributed by atoms with Crippen molar-refractivity contribution in [2.24, 2.45) is 11.8 Å². The molecule has 2 amide bonds. The summed E-state index contributed by atoms with van der Waals surface area (Å²) < 4.78 is 33.5. The van der Waals surface area contributed by atoms with Crippen LogP contribution in [0.4, 0.5) is 0 Å². The highest BCUT2D eigenvalue weighted by Gasteiger charge is 2.59. The van der Waals surface area contributed by atoms with Crippen molar-refractivity contribution in [3.8, 4) is 23.0 Å². The number of methoxy groups -OCH3 is 4. The van der Waals surface area contributed by atoms with Crippen molar-refractivity contribution in [3.63, 3.8) is 0 Å². The molecular weight excluding hydrogens is 588 g/mol. The number of piperidine rings is 2. The van der Waals surface area contributed by atoms with Gasteiger partial charge in [-0.25, -0.2) is 0 Å². The fourth-order valence-corrected chi connectivity index (χ4v) is 8.44. The Morgan fingerprint density at radius 2 is 1.35 bits per heavy atom. The maximum atomic E-state index is 12.9. The molecule has 5 saturated heterocycles. The molecule has 0 N–H and O–H groups in total. The van der Waals surface area contributed by atoms with Crippen LogP contribution in [0.15, 0.2) is 48.6 Å². The highest BCUT2D eigenvalue weighted by Crippen LogP contribution is 2.52. The maximum Gasteiger partial charge on any atom is 0.229 e. The third kappa shape index (κ3) is 5.29. The third-order valence-corrected chi connectivity index (χ3v) is 11.0. The predicted octanol–water partition coefficient (Wildman–Crippen LogP) is 4.52. The topological polar surface area (TPSA) is 96.0 Å². The second kappa shape index (κ2) is 12.1. The van der Waals surface area contributed by atoms with E-state index in [1.807, 2.05) is 46.2 Å². The molecule has 246 valence electrons. The number of rotatable bonds is 8. The Kier molecular flexibility index (Phi) is 8.13. The summed E-state index contributed by atoms with van der Waals surface area (Å²) >= 11 is 0. The molecule has 2 spiro atoms. The van der Waals surface area contributed by atoms with Gasteiger partial charge in [0.05, 0.1) is 58.1 Å². The molecule has 46 heavy (non-hydrogen) atoms. The largest absolute Gasteiger partial charge is 0.497 e. The van der Waals surface area contributed by atoms with Crippen LogP contribution in [0, 0.1) is 11.8 Å². The van der Waals surface area contributed by atoms with Crippen molar-refractivity contribution < 1.29 is 38.0 Å². The summed E-state index contributed by atoms with van der Waals surface area (Å²) in [4.78, 5) is 29.7. The number of carbonyl (C=O) groups excluding carboxylic acids is 2. The number of fused-ring (bicyclic) bond motifs is 2. The lowest BCUT2D eigenvalue weighted by molar-refractivity contribution is -0.150. The van der Waals surface area contributed by atoms with Crippen LogP contribution in [0.3, 0.4) is 0 Å². The first kappa shape index (κ1) is 30.9. The molecule has 6 heterocycles. The number of amides is 2. The third-order valence-electron chi connectivity index (χ3n) is 11.0.